The first-order chi connectivity index (χ1) is 14.6. The third-order valence-corrected chi connectivity index (χ3v) is 7.05. The molecule has 152 valence electrons. The first kappa shape index (κ1) is 19.2. The van der Waals surface area contributed by atoms with E-state index in [1.165, 1.54) is 22.3 Å². The lowest BCUT2D eigenvalue weighted by Gasteiger charge is -2.09. The van der Waals surface area contributed by atoms with Crippen molar-refractivity contribution in [2.45, 2.75) is 39.2 Å². The van der Waals surface area contributed by atoms with Gasteiger partial charge in [0.15, 0.2) is 0 Å². The second-order valence-corrected chi connectivity index (χ2v) is 8.90. The molecule has 4 aromatic rings. The van der Waals surface area contributed by atoms with Gasteiger partial charge in [-0.15, -0.1) is 11.3 Å². The Morgan fingerprint density at radius 3 is 2.87 bits per heavy atom. The zero-order valence-corrected chi connectivity index (χ0v) is 18.1. The van der Waals surface area contributed by atoms with E-state index in [0.29, 0.717) is 17.3 Å². The number of thiophene rings is 1. The van der Waals surface area contributed by atoms with E-state index < -0.39 is 0 Å². The standard InChI is InChI=1S/C22H20ClN5OS/c1-14-17(20(23)27(26-14)12-15-7-3-2-4-8-15)11-25-28-13-24-21-19(22(28)29)16-9-5-6-10-18(16)30-21/h2-4,7-8,11,13H,5-6,9-10,12H2,1H3/b25-11+. The average molecular weight is 438 g/mol. The summed E-state index contributed by atoms with van der Waals surface area (Å²) in [6.07, 6.45) is 7.36. The summed E-state index contributed by atoms with van der Waals surface area (Å²) in [5.41, 5.74) is 3.61. The summed E-state index contributed by atoms with van der Waals surface area (Å²) in [6, 6.07) is 10.0. The van der Waals surface area contributed by atoms with Crippen LogP contribution >= 0.6 is 22.9 Å². The first-order valence-electron chi connectivity index (χ1n) is 9.95. The number of fused-ring (bicyclic) bond motifs is 3. The van der Waals surface area contributed by atoms with Gasteiger partial charge in [-0.25, -0.2) is 9.67 Å². The molecule has 30 heavy (non-hydrogen) atoms. The van der Waals surface area contributed by atoms with Crippen molar-refractivity contribution in [2.24, 2.45) is 5.10 Å². The smallest absolute Gasteiger partial charge is 0.267 e. The minimum atomic E-state index is -0.124. The SMILES string of the molecule is Cc1nn(Cc2ccccc2)c(Cl)c1/C=N/n1cnc2sc3c(c2c1=O)CCCC3. The van der Waals surface area contributed by atoms with E-state index in [2.05, 4.69) is 15.2 Å². The van der Waals surface area contributed by atoms with Crippen molar-refractivity contribution < 1.29 is 0 Å². The van der Waals surface area contributed by atoms with Gasteiger partial charge in [-0.2, -0.15) is 14.9 Å². The van der Waals surface area contributed by atoms with Gasteiger partial charge in [-0.1, -0.05) is 41.9 Å². The van der Waals surface area contributed by atoms with Crippen LogP contribution in [-0.2, 0) is 19.4 Å². The second kappa shape index (κ2) is 7.81. The van der Waals surface area contributed by atoms with Crippen LogP contribution in [0.3, 0.4) is 0 Å². The highest BCUT2D eigenvalue weighted by atomic mass is 35.5. The maximum atomic E-state index is 13.1. The summed E-state index contributed by atoms with van der Waals surface area (Å²) in [6.45, 7) is 2.46. The fraction of sp³-hybridized carbons (Fsp3) is 0.273. The lowest BCUT2D eigenvalue weighted by Crippen LogP contribution is -2.18. The summed E-state index contributed by atoms with van der Waals surface area (Å²) in [7, 11) is 0. The van der Waals surface area contributed by atoms with Gasteiger partial charge in [0.05, 0.1) is 29.4 Å². The fourth-order valence-corrected chi connectivity index (χ4v) is 5.42. The second-order valence-electron chi connectivity index (χ2n) is 7.46. The van der Waals surface area contributed by atoms with Crippen molar-refractivity contribution in [3.8, 4) is 0 Å². The third kappa shape index (κ3) is 3.38. The Bertz CT molecular complexity index is 1320. The molecule has 1 aliphatic rings. The maximum absolute atomic E-state index is 13.1. The first-order valence-corrected chi connectivity index (χ1v) is 11.1. The van der Waals surface area contributed by atoms with Crippen molar-refractivity contribution in [1.29, 1.82) is 0 Å². The Kier molecular flexibility index (Phi) is 5.00. The molecule has 0 aliphatic heterocycles. The summed E-state index contributed by atoms with van der Waals surface area (Å²) >= 11 is 8.20. The highest BCUT2D eigenvalue weighted by Crippen LogP contribution is 2.33. The number of aromatic nitrogens is 4. The molecule has 3 aromatic heterocycles. The molecule has 3 heterocycles. The van der Waals surface area contributed by atoms with Gasteiger partial charge in [0.2, 0.25) is 0 Å². The zero-order chi connectivity index (χ0) is 20.7. The van der Waals surface area contributed by atoms with Crippen molar-refractivity contribution in [3.05, 3.63) is 79.4 Å². The predicted molar refractivity (Wildman–Crippen MR) is 121 cm³/mol. The molecule has 0 fully saturated rings. The normalized spacial score (nSPS) is 13.9. The van der Waals surface area contributed by atoms with Gasteiger partial charge < -0.3 is 0 Å². The number of hydrogen-bond donors (Lipinski definition) is 0. The Hall–Kier alpha value is -2.77. The van der Waals surface area contributed by atoms with E-state index in [1.54, 1.807) is 22.2 Å². The monoisotopic (exact) mass is 437 g/mol. The molecule has 0 saturated heterocycles. The van der Waals surface area contributed by atoms with E-state index in [9.17, 15) is 4.79 Å². The number of nitrogens with zero attached hydrogens (tertiary/aromatic N) is 5. The molecule has 0 unspecified atom stereocenters. The number of aryl methyl sites for hydroxylation is 3. The molecule has 1 aromatic carbocycles. The van der Waals surface area contributed by atoms with Crippen molar-refractivity contribution in [2.75, 3.05) is 0 Å². The molecule has 0 saturated carbocycles. The topological polar surface area (TPSA) is 65.1 Å². The molecule has 0 N–H and O–H groups in total. The lowest BCUT2D eigenvalue weighted by atomic mass is 9.97. The number of benzene rings is 1. The van der Waals surface area contributed by atoms with Crippen LogP contribution in [-0.4, -0.2) is 25.7 Å². The molecule has 0 atom stereocenters. The van der Waals surface area contributed by atoms with Crippen LogP contribution < -0.4 is 5.56 Å². The van der Waals surface area contributed by atoms with Crippen molar-refractivity contribution in [3.63, 3.8) is 0 Å². The average Bonchev–Trinajstić information content (AvgIpc) is 3.26. The zero-order valence-electron chi connectivity index (χ0n) is 16.5. The van der Waals surface area contributed by atoms with Crippen LogP contribution in [0.25, 0.3) is 10.2 Å². The van der Waals surface area contributed by atoms with E-state index in [-0.39, 0.29) is 5.56 Å². The fourth-order valence-electron chi connectivity index (χ4n) is 3.91. The molecule has 1 aliphatic carbocycles. The van der Waals surface area contributed by atoms with Gasteiger partial charge in [-0.05, 0) is 43.7 Å². The van der Waals surface area contributed by atoms with E-state index in [1.807, 2.05) is 37.3 Å². The van der Waals surface area contributed by atoms with Gasteiger partial charge in [0.25, 0.3) is 5.56 Å². The summed E-state index contributed by atoms with van der Waals surface area (Å²) in [4.78, 5) is 19.6. The van der Waals surface area contributed by atoms with Crippen molar-refractivity contribution in [1.82, 2.24) is 19.4 Å². The molecule has 8 heteroatoms. The Morgan fingerprint density at radius 2 is 2.03 bits per heavy atom. The van der Waals surface area contributed by atoms with Crippen LogP contribution in [0.5, 0.6) is 0 Å². The lowest BCUT2D eigenvalue weighted by molar-refractivity contribution is 0.680. The Balaban J connectivity index is 1.49. The molecule has 5 rings (SSSR count). The minimum Gasteiger partial charge on any atom is -0.267 e. The quantitative estimate of drug-likeness (QED) is 0.444. The molecular weight excluding hydrogens is 418 g/mol. The molecule has 0 spiro atoms. The third-order valence-electron chi connectivity index (χ3n) is 5.45. The minimum absolute atomic E-state index is 0.124. The molecule has 0 amide bonds. The summed E-state index contributed by atoms with van der Waals surface area (Å²) in [5.74, 6) is 0. The van der Waals surface area contributed by atoms with Gasteiger partial charge in [-0.3, -0.25) is 4.79 Å². The van der Waals surface area contributed by atoms with Gasteiger partial charge in [0.1, 0.15) is 16.3 Å². The van der Waals surface area contributed by atoms with E-state index >= 15 is 0 Å². The van der Waals surface area contributed by atoms with Crippen LogP contribution in [0.1, 0.15) is 40.1 Å². The highest BCUT2D eigenvalue weighted by molar-refractivity contribution is 7.18. The Morgan fingerprint density at radius 1 is 1.23 bits per heavy atom. The van der Waals surface area contributed by atoms with Gasteiger partial charge in [0, 0.05) is 4.88 Å². The maximum Gasteiger partial charge on any atom is 0.282 e. The molecular formula is C22H20ClN5OS. The number of rotatable bonds is 4. The molecule has 6 nitrogen and oxygen atoms in total. The van der Waals surface area contributed by atoms with Crippen LogP contribution in [0.15, 0.2) is 46.6 Å². The summed E-state index contributed by atoms with van der Waals surface area (Å²) < 4.78 is 3.04. The molecule has 0 radical (unpaired) electrons. The van der Waals surface area contributed by atoms with Crippen molar-refractivity contribution >= 4 is 39.4 Å². The highest BCUT2D eigenvalue weighted by Gasteiger charge is 2.20. The van der Waals surface area contributed by atoms with Crippen LogP contribution in [0.4, 0.5) is 0 Å². The molecule has 0 bridgehead atoms. The van der Waals surface area contributed by atoms with Crippen LogP contribution in [0, 0.1) is 6.92 Å². The van der Waals surface area contributed by atoms with E-state index in [4.69, 9.17) is 11.6 Å². The summed E-state index contributed by atoms with van der Waals surface area (Å²) in [5, 5.41) is 10.1. The number of halogens is 1. The Labute approximate surface area is 182 Å². The van der Waals surface area contributed by atoms with Crippen LogP contribution in [0.2, 0.25) is 5.15 Å². The van der Waals surface area contributed by atoms with E-state index in [0.717, 1.165) is 46.3 Å². The van der Waals surface area contributed by atoms with Gasteiger partial charge >= 0.3 is 0 Å². The number of hydrogen-bond acceptors (Lipinski definition) is 5. The largest absolute Gasteiger partial charge is 0.282 e. The predicted octanol–water partition coefficient (Wildman–Crippen LogP) is 4.43.